The van der Waals surface area contributed by atoms with E-state index in [0.29, 0.717) is 84.2 Å². The van der Waals surface area contributed by atoms with Crippen LogP contribution in [0, 0.1) is 5.92 Å². The number of benzene rings is 2. The highest BCUT2D eigenvalue weighted by Crippen LogP contribution is 2.25. The molecule has 13 heteroatoms. The van der Waals surface area contributed by atoms with E-state index in [4.69, 9.17) is 33.5 Å². The fraction of sp³-hybridized carbons (Fsp3) is 0.543. The number of nitrogens with one attached hydrogen (secondary N) is 1. The van der Waals surface area contributed by atoms with Crippen LogP contribution in [-0.2, 0) is 46.4 Å². The summed E-state index contributed by atoms with van der Waals surface area (Å²) < 4.78 is 34.6. The van der Waals surface area contributed by atoms with E-state index in [-0.39, 0.29) is 5.91 Å². The van der Waals surface area contributed by atoms with Crippen LogP contribution in [-0.4, -0.2) is 98.5 Å². The van der Waals surface area contributed by atoms with Crippen LogP contribution in [0.15, 0.2) is 60.8 Å². The predicted octanol–water partition coefficient (Wildman–Crippen LogP) is 4.71. The van der Waals surface area contributed by atoms with Crippen molar-refractivity contribution in [1.29, 1.82) is 0 Å². The van der Waals surface area contributed by atoms with Crippen LogP contribution < -0.4 is 10.1 Å². The van der Waals surface area contributed by atoms with E-state index in [2.05, 4.69) is 29.5 Å². The van der Waals surface area contributed by atoms with Gasteiger partial charge in [0.1, 0.15) is 17.2 Å². The summed E-state index contributed by atoms with van der Waals surface area (Å²) in [5, 5.41) is 19.7. The number of carboxylic acids is 1. The molecule has 48 heavy (non-hydrogen) atoms. The van der Waals surface area contributed by atoms with Crippen LogP contribution in [0.4, 0.5) is 0 Å². The number of para-hydroxylation sites is 1. The minimum absolute atomic E-state index is 0.0281. The molecule has 0 saturated heterocycles. The van der Waals surface area contributed by atoms with E-state index >= 15 is 0 Å². The van der Waals surface area contributed by atoms with Crippen molar-refractivity contribution in [2.24, 2.45) is 5.92 Å². The van der Waals surface area contributed by atoms with Crippen LogP contribution in [0.3, 0.4) is 0 Å². The fourth-order valence-electron chi connectivity index (χ4n) is 3.87. The van der Waals surface area contributed by atoms with Gasteiger partial charge in [0.25, 0.3) is 0 Å². The number of amides is 1. The Morgan fingerprint density at radius 3 is 1.96 bits per heavy atom. The van der Waals surface area contributed by atoms with Gasteiger partial charge < -0.3 is 38.8 Å². The molecule has 0 aliphatic heterocycles. The number of carbonyl (C=O) groups excluding carboxylic acids is 1. The third-order valence-electron chi connectivity index (χ3n) is 6.72. The van der Waals surface area contributed by atoms with Gasteiger partial charge in [-0.3, -0.25) is 14.3 Å². The predicted molar refractivity (Wildman–Crippen MR) is 180 cm³/mol. The van der Waals surface area contributed by atoms with Crippen LogP contribution in [0.5, 0.6) is 11.5 Å². The van der Waals surface area contributed by atoms with Crippen molar-refractivity contribution < 1.29 is 43.1 Å². The minimum atomic E-state index is -0.841. The average Bonchev–Trinajstić information content (AvgIpc) is 3.55. The lowest BCUT2D eigenvalue weighted by molar-refractivity contribution is -0.138. The van der Waals surface area contributed by atoms with Gasteiger partial charge >= 0.3 is 5.97 Å². The monoisotopic (exact) mass is 672 g/mol. The van der Waals surface area contributed by atoms with E-state index < -0.39 is 11.9 Å². The Bertz CT molecular complexity index is 1270. The maximum absolute atomic E-state index is 11.0. The Labute approximate surface area is 283 Å². The number of hydrogen-bond acceptors (Lipinski definition) is 10. The molecule has 0 spiro atoms. The van der Waals surface area contributed by atoms with Gasteiger partial charge in [-0.15, -0.1) is 5.10 Å². The Morgan fingerprint density at radius 1 is 0.792 bits per heavy atom. The molecule has 2 N–H and O–H groups in total. The summed E-state index contributed by atoms with van der Waals surface area (Å²) in [7, 11) is 1.61. The summed E-state index contributed by atoms with van der Waals surface area (Å²) in [6, 6.07) is 16.6. The van der Waals surface area contributed by atoms with E-state index in [1.165, 1.54) is 0 Å². The molecule has 1 aromatic heterocycles. The summed E-state index contributed by atoms with van der Waals surface area (Å²) in [5.41, 5.74) is 1.56. The van der Waals surface area contributed by atoms with Gasteiger partial charge in [-0.1, -0.05) is 49.4 Å². The third kappa shape index (κ3) is 19.1. The van der Waals surface area contributed by atoms with Crippen molar-refractivity contribution >= 4 is 11.9 Å². The lowest BCUT2D eigenvalue weighted by Crippen LogP contribution is -2.20. The number of carbonyl (C=O) groups is 2. The summed E-state index contributed by atoms with van der Waals surface area (Å²) >= 11 is 0. The molecule has 2 aromatic carbocycles. The highest BCUT2D eigenvalue weighted by Gasteiger charge is 2.14. The molecule has 13 nitrogen and oxygen atoms in total. The van der Waals surface area contributed by atoms with E-state index in [1.54, 1.807) is 32.2 Å². The Morgan fingerprint density at radius 2 is 1.38 bits per heavy atom. The summed E-state index contributed by atoms with van der Waals surface area (Å²) in [6.45, 7) is 11.7. The molecule has 1 heterocycles. The van der Waals surface area contributed by atoms with Crippen molar-refractivity contribution in [3.05, 3.63) is 72.1 Å². The maximum atomic E-state index is 11.0. The zero-order chi connectivity index (χ0) is 34.8. The first-order valence-electron chi connectivity index (χ1n) is 16.3. The van der Waals surface area contributed by atoms with Crippen LogP contribution in [0.2, 0.25) is 0 Å². The van der Waals surface area contributed by atoms with Crippen LogP contribution >= 0.6 is 0 Å². The molecule has 266 valence electrons. The first-order valence-corrected chi connectivity index (χ1v) is 16.3. The number of aromatic nitrogens is 3. The molecular formula is C35H52N4O9. The molecule has 0 saturated carbocycles. The number of aliphatic carboxylic acids is 1. The van der Waals surface area contributed by atoms with E-state index in [0.717, 1.165) is 30.0 Å². The molecular weight excluding hydrogens is 620 g/mol. The first kappa shape index (κ1) is 40.3. The van der Waals surface area contributed by atoms with E-state index in [9.17, 15) is 9.59 Å². The number of rotatable bonds is 24. The highest BCUT2D eigenvalue weighted by molar-refractivity contribution is 5.76. The molecule has 0 aliphatic rings. The van der Waals surface area contributed by atoms with Crippen molar-refractivity contribution in [1.82, 2.24) is 20.3 Å². The number of carboxylic acid groups (broad SMARTS) is 1. The zero-order valence-corrected chi connectivity index (χ0v) is 28.7. The fourth-order valence-corrected chi connectivity index (χ4v) is 3.87. The molecule has 1 atom stereocenters. The largest absolute Gasteiger partial charge is 0.481 e. The number of aryl methyl sites for hydroxylation is 1. The van der Waals surface area contributed by atoms with Gasteiger partial charge in [-0.25, -0.2) is 0 Å². The number of nitrogens with zero attached hydrogens (tertiary/aromatic N) is 3. The molecule has 3 aromatic rings. The Kier molecular flexibility index (Phi) is 21.1. The summed E-state index contributed by atoms with van der Waals surface area (Å²) in [6.07, 6.45) is 3.38. The standard InChI is InChI=1S/C20H38N4O6.C15H14O3/c1-18(2)4-6-24-16-19(22-23-24)17-30-15-14-29-13-12-28-11-10-27-9-8-26-7-5-20(25)21-3;1-11(15(16)17)12-6-5-9-14(10-12)18-13-7-3-2-4-8-13/h16,18H,4-15,17H2,1-3H3,(H,21,25);2-11H,1H3,(H,16,17). The summed E-state index contributed by atoms with van der Waals surface area (Å²) in [5.74, 6) is 0.620. The molecule has 0 bridgehead atoms. The SMILES string of the molecule is CC(C(=O)O)c1cccc(Oc2ccccc2)c1.CNC(=O)CCOCCOCCOCCOCCOCc1cn(CCC(C)C)nn1. The molecule has 1 amide bonds. The zero-order valence-electron chi connectivity index (χ0n) is 28.7. The van der Waals surface area contributed by atoms with Gasteiger partial charge in [0, 0.05) is 20.0 Å². The molecule has 0 aliphatic carbocycles. The van der Waals surface area contributed by atoms with Crippen LogP contribution in [0.1, 0.15) is 50.8 Å². The van der Waals surface area contributed by atoms with Crippen molar-refractivity contribution in [2.75, 3.05) is 66.5 Å². The number of ether oxygens (including phenoxy) is 6. The topological polar surface area (TPSA) is 152 Å². The van der Waals surface area contributed by atoms with Crippen molar-refractivity contribution in [3.8, 4) is 11.5 Å². The second kappa shape index (κ2) is 25.2. The average molecular weight is 673 g/mol. The lowest BCUT2D eigenvalue weighted by atomic mass is 10.0. The number of hydrogen-bond donors (Lipinski definition) is 2. The molecule has 0 radical (unpaired) electrons. The van der Waals surface area contributed by atoms with Crippen molar-refractivity contribution in [3.63, 3.8) is 0 Å². The quantitative estimate of drug-likeness (QED) is 0.127. The van der Waals surface area contributed by atoms with Crippen LogP contribution in [0.25, 0.3) is 0 Å². The Balaban J connectivity index is 0.000000376. The maximum Gasteiger partial charge on any atom is 0.310 e. The van der Waals surface area contributed by atoms with Gasteiger partial charge in [-0.05, 0) is 49.1 Å². The molecule has 0 fully saturated rings. The lowest BCUT2D eigenvalue weighted by Gasteiger charge is -2.10. The third-order valence-corrected chi connectivity index (χ3v) is 6.72. The smallest absolute Gasteiger partial charge is 0.310 e. The molecule has 1 unspecified atom stereocenters. The van der Waals surface area contributed by atoms with Gasteiger partial charge in [0.15, 0.2) is 0 Å². The van der Waals surface area contributed by atoms with Gasteiger partial charge in [0.2, 0.25) is 5.91 Å². The normalized spacial score (nSPS) is 11.5. The second-order valence-electron chi connectivity index (χ2n) is 11.1. The van der Waals surface area contributed by atoms with Crippen molar-refractivity contribution in [2.45, 2.75) is 52.7 Å². The van der Waals surface area contributed by atoms with Gasteiger partial charge in [0.05, 0.1) is 78.2 Å². The summed E-state index contributed by atoms with van der Waals surface area (Å²) in [4.78, 5) is 21.9. The second-order valence-corrected chi connectivity index (χ2v) is 11.1. The molecule has 3 rings (SSSR count). The Hall–Kier alpha value is -3.88. The highest BCUT2D eigenvalue weighted by atomic mass is 16.6. The van der Waals surface area contributed by atoms with E-state index in [1.807, 2.05) is 47.3 Å². The van der Waals surface area contributed by atoms with Gasteiger partial charge in [-0.2, -0.15) is 0 Å². The minimum Gasteiger partial charge on any atom is -0.481 e. The first-order chi connectivity index (χ1) is 23.3.